The first-order chi connectivity index (χ1) is 10.7. The van der Waals surface area contributed by atoms with Gasteiger partial charge < -0.3 is 5.73 Å². The molecule has 0 saturated heterocycles. The molecular formula is C14H10ClN5S2. The van der Waals surface area contributed by atoms with E-state index >= 15 is 0 Å². The molecule has 0 fully saturated rings. The van der Waals surface area contributed by atoms with E-state index < -0.39 is 0 Å². The molecule has 3 rings (SSSR count). The highest BCUT2D eigenvalue weighted by Crippen LogP contribution is 2.26. The molecule has 0 atom stereocenters. The fraction of sp³-hybridized carbons (Fsp3) is 0.143. The number of nitrogens with zero attached hydrogens (tertiary/aromatic N) is 4. The van der Waals surface area contributed by atoms with Gasteiger partial charge in [0.25, 0.3) is 0 Å². The van der Waals surface area contributed by atoms with E-state index in [2.05, 4.69) is 21.0 Å². The molecule has 3 heterocycles. The van der Waals surface area contributed by atoms with Crippen LogP contribution in [-0.4, -0.2) is 20.7 Å². The van der Waals surface area contributed by atoms with Crippen molar-refractivity contribution in [2.45, 2.75) is 11.6 Å². The topological polar surface area (TPSA) is 88.5 Å². The summed E-state index contributed by atoms with van der Waals surface area (Å²) in [6.45, 7) is 0. The third-order valence-electron chi connectivity index (χ3n) is 2.92. The molecule has 0 amide bonds. The van der Waals surface area contributed by atoms with Crippen LogP contribution in [0.3, 0.4) is 0 Å². The van der Waals surface area contributed by atoms with Crippen molar-refractivity contribution in [3.8, 4) is 6.07 Å². The Balaban J connectivity index is 1.70. The standard InChI is InChI=1S/C14H10ClN5S2/c15-12-4-13(17)20-14(19-12)21-2-1-9-3-10-8(5-16)7-22-11(10)6-18-9/h3-4,6-7H,1-2H2,(H2,17,19,20). The lowest BCUT2D eigenvalue weighted by Gasteiger charge is -2.02. The minimum absolute atomic E-state index is 0.339. The highest BCUT2D eigenvalue weighted by atomic mass is 35.5. The van der Waals surface area contributed by atoms with Crippen molar-refractivity contribution in [2.75, 3.05) is 11.5 Å². The molecule has 8 heteroatoms. The van der Waals surface area contributed by atoms with Gasteiger partial charge in [-0.05, 0) is 12.5 Å². The molecule has 0 aliphatic rings. The van der Waals surface area contributed by atoms with Gasteiger partial charge in [-0.25, -0.2) is 9.97 Å². The van der Waals surface area contributed by atoms with Crippen LogP contribution in [-0.2, 0) is 6.42 Å². The van der Waals surface area contributed by atoms with Gasteiger partial charge in [-0.3, -0.25) is 4.98 Å². The first-order valence-corrected chi connectivity index (χ1v) is 8.59. The van der Waals surface area contributed by atoms with Crippen LogP contribution in [0.15, 0.2) is 28.9 Å². The lowest BCUT2D eigenvalue weighted by molar-refractivity contribution is 0.969. The normalized spacial score (nSPS) is 10.7. The lowest BCUT2D eigenvalue weighted by Crippen LogP contribution is -1.97. The minimum Gasteiger partial charge on any atom is -0.384 e. The van der Waals surface area contributed by atoms with Crippen molar-refractivity contribution >= 4 is 50.6 Å². The Morgan fingerprint density at radius 1 is 1.36 bits per heavy atom. The highest BCUT2D eigenvalue weighted by Gasteiger charge is 2.07. The number of nitrogens with two attached hydrogens (primary N) is 1. The summed E-state index contributed by atoms with van der Waals surface area (Å²) in [5, 5.41) is 12.8. The molecule has 0 unspecified atom stereocenters. The number of nitriles is 1. The summed E-state index contributed by atoms with van der Waals surface area (Å²) in [4.78, 5) is 12.6. The van der Waals surface area contributed by atoms with E-state index in [0.717, 1.165) is 28.0 Å². The van der Waals surface area contributed by atoms with Crippen molar-refractivity contribution < 1.29 is 0 Å². The Morgan fingerprint density at radius 2 is 2.23 bits per heavy atom. The van der Waals surface area contributed by atoms with Gasteiger partial charge in [0.2, 0.25) is 0 Å². The second kappa shape index (κ2) is 6.48. The van der Waals surface area contributed by atoms with Crippen LogP contribution in [0.2, 0.25) is 5.15 Å². The van der Waals surface area contributed by atoms with E-state index in [1.54, 1.807) is 0 Å². The number of aromatic nitrogens is 3. The molecule has 3 aromatic rings. The predicted molar refractivity (Wildman–Crippen MR) is 90.2 cm³/mol. The fourth-order valence-electron chi connectivity index (χ4n) is 1.92. The van der Waals surface area contributed by atoms with E-state index in [-0.39, 0.29) is 0 Å². The van der Waals surface area contributed by atoms with E-state index in [9.17, 15) is 0 Å². The summed E-state index contributed by atoms with van der Waals surface area (Å²) in [5.41, 5.74) is 7.27. The maximum absolute atomic E-state index is 9.08. The summed E-state index contributed by atoms with van der Waals surface area (Å²) in [6, 6.07) is 5.69. The first-order valence-electron chi connectivity index (χ1n) is 6.35. The number of thioether (sulfide) groups is 1. The average Bonchev–Trinajstić information content (AvgIpc) is 2.88. The van der Waals surface area contributed by atoms with Crippen LogP contribution >= 0.6 is 34.7 Å². The number of rotatable bonds is 4. The highest BCUT2D eigenvalue weighted by molar-refractivity contribution is 7.99. The van der Waals surface area contributed by atoms with E-state index in [4.69, 9.17) is 22.6 Å². The van der Waals surface area contributed by atoms with Gasteiger partial charge in [0.15, 0.2) is 5.16 Å². The van der Waals surface area contributed by atoms with Crippen molar-refractivity contribution in [2.24, 2.45) is 0 Å². The predicted octanol–water partition coefficient (Wildman–Crippen LogP) is 3.53. The zero-order chi connectivity index (χ0) is 15.5. The quantitative estimate of drug-likeness (QED) is 0.441. The molecule has 5 nitrogen and oxygen atoms in total. The minimum atomic E-state index is 0.339. The smallest absolute Gasteiger partial charge is 0.190 e. The van der Waals surface area contributed by atoms with Crippen molar-refractivity contribution in [3.05, 3.63) is 40.1 Å². The maximum Gasteiger partial charge on any atom is 0.190 e. The molecular weight excluding hydrogens is 338 g/mol. The van der Waals surface area contributed by atoms with Crippen LogP contribution in [0.25, 0.3) is 10.1 Å². The Bertz CT molecular complexity index is 851. The third kappa shape index (κ3) is 3.30. The van der Waals surface area contributed by atoms with E-state index in [1.165, 1.54) is 29.2 Å². The lowest BCUT2D eigenvalue weighted by atomic mass is 10.2. The van der Waals surface area contributed by atoms with Gasteiger partial charge in [0, 0.05) is 34.5 Å². The Kier molecular flexibility index (Phi) is 4.43. The van der Waals surface area contributed by atoms with Crippen LogP contribution < -0.4 is 5.73 Å². The van der Waals surface area contributed by atoms with Crippen LogP contribution in [0.1, 0.15) is 11.3 Å². The largest absolute Gasteiger partial charge is 0.384 e. The van der Waals surface area contributed by atoms with Crippen LogP contribution in [0.4, 0.5) is 5.82 Å². The summed E-state index contributed by atoms with van der Waals surface area (Å²) in [6.07, 6.45) is 2.56. The molecule has 0 aromatic carbocycles. The molecule has 0 radical (unpaired) electrons. The Labute approximate surface area is 140 Å². The summed E-state index contributed by atoms with van der Waals surface area (Å²) in [7, 11) is 0. The molecule has 22 heavy (non-hydrogen) atoms. The number of halogens is 1. The molecule has 0 spiro atoms. The number of pyridine rings is 1. The summed E-state index contributed by atoms with van der Waals surface area (Å²) >= 11 is 8.85. The number of fused-ring (bicyclic) bond motifs is 1. The second-order valence-corrected chi connectivity index (χ2v) is 6.79. The molecule has 0 saturated carbocycles. The van der Waals surface area contributed by atoms with Crippen LogP contribution in [0, 0.1) is 11.3 Å². The Hall–Kier alpha value is -1.88. The second-order valence-electron chi connectivity index (χ2n) is 4.43. The van der Waals surface area contributed by atoms with Gasteiger partial charge >= 0.3 is 0 Å². The summed E-state index contributed by atoms with van der Waals surface area (Å²) < 4.78 is 1.03. The summed E-state index contributed by atoms with van der Waals surface area (Å²) in [5.74, 6) is 1.11. The van der Waals surface area contributed by atoms with Gasteiger partial charge in [0.1, 0.15) is 17.0 Å². The average molecular weight is 348 g/mol. The van der Waals surface area contributed by atoms with Gasteiger partial charge in [-0.2, -0.15) is 5.26 Å². The molecule has 0 bridgehead atoms. The molecule has 110 valence electrons. The number of thiophene rings is 1. The molecule has 3 aromatic heterocycles. The zero-order valence-electron chi connectivity index (χ0n) is 11.3. The molecule has 0 aliphatic carbocycles. The SMILES string of the molecule is N#Cc1csc2cnc(CCSc3nc(N)cc(Cl)n3)cc12. The first kappa shape index (κ1) is 15.0. The fourth-order valence-corrected chi connectivity index (χ4v) is 3.83. The van der Waals surface area contributed by atoms with Gasteiger partial charge in [0.05, 0.1) is 10.3 Å². The number of aryl methyl sites for hydroxylation is 1. The number of nitrogen functional groups attached to an aromatic ring is 1. The van der Waals surface area contributed by atoms with Crippen molar-refractivity contribution in [3.63, 3.8) is 0 Å². The number of hydrogen-bond donors (Lipinski definition) is 1. The van der Waals surface area contributed by atoms with E-state index in [0.29, 0.717) is 21.7 Å². The molecule has 0 aliphatic heterocycles. The van der Waals surface area contributed by atoms with Crippen LogP contribution in [0.5, 0.6) is 0 Å². The third-order valence-corrected chi connectivity index (χ3v) is 4.90. The van der Waals surface area contributed by atoms with Crippen molar-refractivity contribution in [1.29, 1.82) is 5.26 Å². The van der Waals surface area contributed by atoms with Gasteiger partial charge in [-0.15, -0.1) is 11.3 Å². The Morgan fingerprint density at radius 3 is 3.00 bits per heavy atom. The van der Waals surface area contributed by atoms with E-state index in [1.807, 2.05) is 17.6 Å². The maximum atomic E-state index is 9.08. The number of anilines is 1. The monoisotopic (exact) mass is 347 g/mol. The van der Waals surface area contributed by atoms with Gasteiger partial charge in [-0.1, -0.05) is 23.4 Å². The zero-order valence-corrected chi connectivity index (χ0v) is 13.7. The van der Waals surface area contributed by atoms with Crippen molar-refractivity contribution in [1.82, 2.24) is 15.0 Å². The molecule has 2 N–H and O–H groups in total. The number of hydrogen-bond acceptors (Lipinski definition) is 7.